The van der Waals surface area contributed by atoms with Gasteiger partial charge >= 0.3 is 7.79 Å². The Hall–Kier alpha value is -5.68. The summed E-state index contributed by atoms with van der Waals surface area (Å²) < 4.78 is 4.00. The van der Waals surface area contributed by atoms with Crippen LogP contribution in [0.1, 0.15) is 0 Å². The van der Waals surface area contributed by atoms with Gasteiger partial charge in [0.05, 0.1) is 5.69 Å². The predicted octanol–water partition coefficient (Wildman–Crippen LogP) is 9.24. The number of nitrogens with zero attached hydrogens (tertiary/aromatic N) is 5. The Bertz CT molecular complexity index is 2060. The molecule has 46 heavy (non-hydrogen) atoms. The van der Waals surface area contributed by atoms with E-state index in [4.69, 9.17) is 15.0 Å². The van der Waals surface area contributed by atoms with Crippen molar-refractivity contribution >= 4 is 36.1 Å². The molecule has 0 spiro atoms. The first kappa shape index (κ1) is 27.8. The van der Waals surface area contributed by atoms with Crippen molar-refractivity contribution in [3.8, 4) is 33.9 Å². The van der Waals surface area contributed by atoms with E-state index in [1.807, 2.05) is 150 Å². The monoisotopic (exact) mass is 614 g/mol. The van der Waals surface area contributed by atoms with Gasteiger partial charge in [-0.3, -0.25) is 0 Å². The van der Waals surface area contributed by atoms with Gasteiger partial charge in [-0.15, -0.1) is 4.67 Å². The van der Waals surface area contributed by atoms with E-state index in [0.29, 0.717) is 17.6 Å². The fraction of sp³-hybridized carbons (Fsp3) is 0. The second-order valence-electron chi connectivity index (χ2n) is 10.9. The number of fused-ring (bicyclic) bond motifs is 1. The molecule has 1 aliphatic heterocycles. The molecule has 1 unspecified atom stereocenters. The Labute approximate surface area is 268 Å². The number of rotatable bonds is 6. The first-order valence-electron chi connectivity index (χ1n) is 15.1. The summed E-state index contributed by atoms with van der Waals surface area (Å²) in [5.41, 5.74) is 6.49. The Kier molecular flexibility index (Phi) is 7.07. The van der Waals surface area contributed by atoms with Crippen LogP contribution in [0.25, 0.3) is 33.9 Å². The van der Waals surface area contributed by atoms with Crippen molar-refractivity contribution < 1.29 is 4.89 Å². The lowest BCUT2D eigenvalue weighted by Crippen LogP contribution is -2.33. The zero-order valence-electron chi connectivity index (χ0n) is 24.8. The first-order valence-corrected chi connectivity index (χ1v) is 16.7. The smallest absolute Gasteiger partial charge is 0.208 e. The largest absolute Gasteiger partial charge is 0.379 e. The first-order chi connectivity index (χ1) is 22.7. The lowest BCUT2D eigenvalue weighted by molar-refractivity contribution is 0.611. The van der Waals surface area contributed by atoms with Gasteiger partial charge in [-0.25, -0.2) is 4.98 Å². The maximum Gasteiger partial charge on any atom is 0.379 e. The van der Waals surface area contributed by atoms with Crippen molar-refractivity contribution in [2.24, 2.45) is 0 Å². The average Bonchev–Trinajstić information content (AvgIpc) is 3.42. The molecule has 220 valence electrons. The van der Waals surface area contributed by atoms with E-state index in [9.17, 15) is 4.89 Å². The number of hydrogen-bond donors (Lipinski definition) is 1. The van der Waals surface area contributed by atoms with Gasteiger partial charge in [-0.1, -0.05) is 133 Å². The van der Waals surface area contributed by atoms with Gasteiger partial charge in [0.15, 0.2) is 17.0 Å². The van der Waals surface area contributed by atoms with Crippen LogP contribution in [0.2, 0.25) is 0 Å². The molecule has 7 aromatic rings. The fourth-order valence-electron chi connectivity index (χ4n) is 5.92. The zero-order valence-corrected chi connectivity index (χ0v) is 25.7. The third-order valence-electron chi connectivity index (χ3n) is 8.09. The summed E-state index contributed by atoms with van der Waals surface area (Å²) in [7, 11) is -3.44. The van der Waals surface area contributed by atoms with Gasteiger partial charge in [0.2, 0.25) is 0 Å². The molecule has 0 aliphatic carbocycles. The van der Waals surface area contributed by atoms with E-state index in [-0.39, 0.29) is 0 Å². The van der Waals surface area contributed by atoms with Crippen LogP contribution in [0, 0.1) is 0 Å². The van der Waals surface area contributed by atoms with E-state index in [0.717, 1.165) is 44.6 Å². The average molecular weight is 615 g/mol. The normalized spacial score (nSPS) is 15.5. The Morgan fingerprint density at radius 3 is 1.33 bits per heavy atom. The minimum Gasteiger partial charge on any atom is -0.208 e. The van der Waals surface area contributed by atoms with Gasteiger partial charge in [-0.2, -0.15) is 19.5 Å². The molecular formula is C39H29N5OP+. The molecule has 2 heterocycles. The molecule has 0 radical (unpaired) electrons. The van der Waals surface area contributed by atoms with Gasteiger partial charge in [0.1, 0.15) is 11.4 Å². The standard InChI is InChI=1S/C39H29N5OP/c45-46(34-27-25-30(26-28-34)29-15-5-1-6-16-29)43(33-21-11-4-12-22-33)35-23-13-14-24-36(35)44(46)39-41-37(31-17-7-2-8-18-31)40-38(42-39)32-19-9-3-10-20-32/h1-28,45H/q+1. The highest BCUT2D eigenvalue weighted by atomic mass is 31.2. The summed E-state index contributed by atoms with van der Waals surface area (Å²) in [4.78, 5) is 28.5. The van der Waals surface area contributed by atoms with Crippen molar-refractivity contribution in [3.63, 3.8) is 0 Å². The number of anilines is 4. The minimum atomic E-state index is -3.44. The highest BCUT2D eigenvalue weighted by Gasteiger charge is 2.62. The molecule has 1 aliphatic rings. The van der Waals surface area contributed by atoms with Crippen LogP contribution in [0.3, 0.4) is 0 Å². The van der Waals surface area contributed by atoms with E-state index < -0.39 is 7.79 Å². The Morgan fingerprint density at radius 1 is 0.391 bits per heavy atom. The Balaban J connectivity index is 1.38. The summed E-state index contributed by atoms with van der Waals surface area (Å²) in [5.74, 6) is 1.44. The van der Waals surface area contributed by atoms with E-state index >= 15 is 0 Å². The molecule has 1 atom stereocenters. The summed E-state index contributed by atoms with van der Waals surface area (Å²) in [5, 5.41) is 0.773. The van der Waals surface area contributed by atoms with Gasteiger partial charge in [-0.05, 0) is 47.5 Å². The van der Waals surface area contributed by atoms with Crippen molar-refractivity contribution in [1.82, 2.24) is 15.0 Å². The molecule has 7 heteroatoms. The number of benzene rings is 6. The molecule has 0 saturated carbocycles. The quantitative estimate of drug-likeness (QED) is 0.188. The molecule has 1 aromatic heterocycles. The van der Waals surface area contributed by atoms with Crippen LogP contribution in [-0.2, 0) is 0 Å². The van der Waals surface area contributed by atoms with Crippen molar-refractivity contribution in [2.75, 3.05) is 9.34 Å². The van der Waals surface area contributed by atoms with E-state index in [1.165, 1.54) is 0 Å². The zero-order chi connectivity index (χ0) is 30.9. The maximum atomic E-state index is 13.5. The van der Waals surface area contributed by atoms with Crippen LogP contribution in [-0.4, -0.2) is 19.8 Å². The van der Waals surface area contributed by atoms with Crippen LogP contribution in [0.4, 0.5) is 23.0 Å². The van der Waals surface area contributed by atoms with Gasteiger partial charge in [0, 0.05) is 11.1 Å². The molecule has 0 amide bonds. The predicted molar refractivity (Wildman–Crippen MR) is 189 cm³/mol. The lowest BCUT2D eigenvalue weighted by Gasteiger charge is -2.30. The second-order valence-corrected chi connectivity index (χ2v) is 13.4. The van der Waals surface area contributed by atoms with E-state index in [1.54, 1.807) is 0 Å². The Morgan fingerprint density at radius 2 is 0.804 bits per heavy atom. The summed E-state index contributed by atoms with van der Waals surface area (Å²) in [6.07, 6.45) is 0. The summed E-state index contributed by atoms with van der Waals surface area (Å²) >= 11 is 0. The van der Waals surface area contributed by atoms with E-state index in [2.05, 4.69) is 28.9 Å². The third-order valence-corrected chi connectivity index (χ3v) is 11.0. The second kappa shape index (κ2) is 11.7. The molecular weight excluding hydrogens is 585 g/mol. The minimum absolute atomic E-state index is 0.376. The highest BCUT2D eigenvalue weighted by Crippen LogP contribution is 2.74. The van der Waals surface area contributed by atoms with Crippen molar-refractivity contribution in [2.45, 2.75) is 0 Å². The SMILES string of the molecule is O[P+]1(c2ccc(-c3ccccc3)cc2)N(c2ccccc2)c2ccccc2N1c1nc(-c2ccccc2)nc(-c2ccccc2)n1. The van der Waals surface area contributed by atoms with Crippen LogP contribution < -0.4 is 14.6 Å². The molecule has 0 bridgehead atoms. The van der Waals surface area contributed by atoms with Crippen molar-refractivity contribution in [1.29, 1.82) is 0 Å². The number of para-hydroxylation sites is 3. The summed E-state index contributed by atoms with van der Waals surface area (Å²) in [6.45, 7) is 0. The van der Waals surface area contributed by atoms with Crippen LogP contribution >= 0.6 is 7.79 Å². The van der Waals surface area contributed by atoms with Crippen LogP contribution in [0.15, 0.2) is 170 Å². The maximum absolute atomic E-state index is 13.5. The molecule has 6 aromatic carbocycles. The van der Waals surface area contributed by atoms with Gasteiger partial charge < -0.3 is 0 Å². The lowest BCUT2D eigenvalue weighted by atomic mass is 10.1. The molecule has 1 N–H and O–H groups in total. The summed E-state index contributed by atoms with van der Waals surface area (Å²) in [6, 6.07) is 56.4. The highest BCUT2D eigenvalue weighted by molar-refractivity contribution is 7.81. The number of hydrogen-bond acceptors (Lipinski definition) is 6. The molecule has 8 rings (SSSR count). The third kappa shape index (κ3) is 4.81. The number of aromatic nitrogens is 3. The molecule has 0 saturated heterocycles. The van der Waals surface area contributed by atoms with Crippen molar-refractivity contribution in [3.05, 3.63) is 170 Å². The fourth-order valence-corrected chi connectivity index (χ4v) is 8.84. The van der Waals surface area contributed by atoms with Gasteiger partial charge in [0.25, 0.3) is 5.95 Å². The molecule has 6 nitrogen and oxygen atoms in total. The molecule has 0 fully saturated rings. The van der Waals surface area contributed by atoms with Crippen LogP contribution in [0.5, 0.6) is 0 Å². The topological polar surface area (TPSA) is 65.4 Å².